The Hall–Kier alpha value is -7.34. The van der Waals surface area contributed by atoms with Crippen molar-refractivity contribution in [1.29, 1.82) is 0 Å². The number of para-hydroxylation sites is 2. The summed E-state index contributed by atoms with van der Waals surface area (Å²) in [5.41, 5.74) is 9.07. The largest absolute Gasteiger partial charge is 0.454 e. The van der Waals surface area contributed by atoms with E-state index in [1.165, 1.54) is 52.6 Å². The maximum Gasteiger partial charge on any atom is 0.161 e. The summed E-state index contributed by atoms with van der Waals surface area (Å²) in [7, 11) is 0. The highest BCUT2D eigenvalue weighted by molar-refractivity contribution is 7.26. The summed E-state index contributed by atoms with van der Waals surface area (Å²) in [6, 6.07) is 62.7. The molecule has 0 fully saturated rings. The van der Waals surface area contributed by atoms with Gasteiger partial charge in [-0.15, -0.1) is 11.3 Å². The summed E-state index contributed by atoms with van der Waals surface area (Å²) in [5, 5.41) is 12.8. The van der Waals surface area contributed by atoms with Gasteiger partial charge in [-0.3, -0.25) is 0 Å². The third kappa shape index (κ3) is 4.26. The van der Waals surface area contributed by atoms with Gasteiger partial charge in [-0.25, -0.2) is 9.97 Å². The highest BCUT2D eigenvalue weighted by Crippen LogP contribution is 2.50. The van der Waals surface area contributed by atoms with Crippen molar-refractivity contribution in [2.45, 2.75) is 0 Å². The van der Waals surface area contributed by atoms with Gasteiger partial charge in [0.1, 0.15) is 5.58 Å². The number of rotatable bonds is 3. The van der Waals surface area contributed by atoms with E-state index < -0.39 is 0 Å². The molecule has 0 amide bonds. The van der Waals surface area contributed by atoms with Crippen LogP contribution in [0.25, 0.3) is 125 Å². The molecule has 0 N–H and O–H groups in total. The van der Waals surface area contributed by atoms with E-state index >= 15 is 0 Å². The SMILES string of the molecule is c1ccc(-c2nc(-c3ccc(-n4c5c6ccccc6ccc5c5c6ccccc6c6c7ccccc7oc6c54)c4sc5ccccc5c34)nc3ccccc23)cc1. The number of nitrogens with zero attached hydrogens (tertiary/aromatic N) is 3. The summed E-state index contributed by atoms with van der Waals surface area (Å²) in [6.45, 7) is 0. The average molecular weight is 744 g/mol. The number of aromatic nitrogens is 3. The van der Waals surface area contributed by atoms with Gasteiger partial charge in [0.05, 0.1) is 32.6 Å². The fraction of sp³-hybridized carbons (Fsp3) is 0. The summed E-state index contributed by atoms with van der Waals surface area (Å²) in [5.74, 6) is 0.714. The first kappa shape index (κ1) is 30.9. The molecule has 9 aromatic carbocycles. The molecule has 0 aliphatic rings. The van der Waals surface area contributed by atoms with E-state index in [1.54, 1.807) is 0 Å². The minimum Gasteiger partial charge on any atom is -0.454 e. The summed E-state index contributed by atoms with van der Waals surface area (Å²) in [4.78, 5) is 10.7. The molecule has 57 heavy (non-hydrogen) atoms. The topological polar surface area (TPSA) is 43.9 Å². The molecule has 0 aliphatic heterocycles. The van der Waals surface area contributed by atoms with E-state index in [9.17, 15) is 0 Å². The second-order valence-electron chi connectivity index (χ2n) is 14.8. The molecule has 0 radical (unpaired) electrons. The lowest BCUT2D eigenvalue weighted by Gasteiger charge is -2.14. The van der Waals surface area contributed by atoms with Crippen molar-refractivity contribution in [3.8, 4) is 28.3 Å². The van der Waals surface area contributed by atoms with Gasteiger partial charge in [0.2, 0.25) is 0 Å². The number of furan rings is 1. The molecular weight excluding hydrogens is 715 g/mol. The number of benzene rings is 9. The lowest BCUT2D eigenvalue weighted by Crippen LogP contribution is -1.98. The van der Waals surface area contributed by atoms with Gasteiger partial charge in [0.15, 0.2) is 11.4 Å². The standard InChI is InChI=1S/C52H29N3OS/c1-2-15-31(16-3-1)47-35-20-8-11-23-40(35)53-52(54-47)39-28-29-41(51-46(39)37-22-10-13-25-43(37)57-51)55-48-32-17-5-4-14-30(32)26-27-38(48)44-33-18-6-7-19-34(33)45-36-21-9-12-24-42(36)56-50(45)49(44)55/h1-29H. The van der Waals surface area contributed by atoms with Crippen LogP contribution >= 0.6 is 11.3 Å². The first-order valence-corrected chi connectivity index (χ1v) is 20.1. The van der Waals surface area contributed by atoms with E-state index in [0.717, 1.165) is 66.3 Å². The van der Waals surface area contributed by atoms with Gasteiger partial charge >= 0.3 is 0 Å². The van der Waals surface area contributed by atoms with Gasteiger partial charge in [-0.05, 0) is 46.5 Å². The first-order valence-electron chi connectivity index (χ1n) is 19.3. The molecule has 0 saturated carbocycles. The summed E-state index contributed by atoms with van der Waals surface area (Å²) in [6.07, 6.45) is 0. The van der Waals surface area contributed by atoms with Crippen LogP contribution in [0.5, 0.6) is 0 Å². The first-order chi connectivity index (χ1) is 28.3. The maximum absolute atomic E-state index is 7.00. The Balaban J connectivity index is 1.23. The molecule has 13 aromatic rings. The Morgan fingerprint density at radius 3 is 2.00 bits per heavy atom. The molecule has 0 spiro atoms. The Morgan fingerprint density at radius 1 is 0.456 bits per heavy atom. The summed E-state index contributed by atoms with van der Waals surface area (Å²) >= 11 is 1.83. The molecule has 0 unspecified atom stereocenters. The van der Waals surface area contributed by atoms with Gasteiger partial charge in [-0.1, -0.05) is 146 Å². The fourth-order valence-corrected chi connectivity index (χ4v) is 10.6. The van der Waals surface area contributed by atoms with Gasteiger partial charge in [0, 0.05) is 58.9 Å². The normalized spacial score (nSPS) is 12.2. The molecule has 4 heterocycles. The van der Waals surface area contributed by atoms with Crippen LogP contribution in [0.4, 0.5) is 0 Å². The van der Waals surface area contributed by atoms with E-state index in [2.05, 4.69) is 174 Å². The molecular formula is C52H29N3OS. The van der Waals surface area contributed by atoms with Crippen molar-refractivity contribution < 1.29 is 4.42 Å². The minimum absolute atomic E-state index is 0.714. The van der Waals surface area contributed by atoms with Crippen LogP contribution < -0.4 is 0 Å². The highest BCUT2D eigenvalue weighted by Gasteiger charge is 2.26. The van der Waals surface area contributed by atoms with E-state index in [0.29, 0.717) is 5.82 Å². The zero-order valence-corrected chi connectivity index (χ0v) is 31.2. The molecule has 5 heteroatoms. The zero-order valence-electron chi connectivity index (χ0n) is 30.4. The highest BCUT2D eigenvalue weighted by atomic mass is 32.1. The monoisotopic (exact) mass is 743 g/mol. The van der Waals surface area contributed by atoms with Gasteiger partial charge in [-0.2, -0.15) is 0 Å². The predicted molar refractivity (Wildman–Crippen MR) is 240 cm³/mol. The van der Waals surface area contributed by atoms with Crippen LogP contribution in [0.2, 0.25) is 0 Å². The second kappa shape index (κ2) is 11.6. The minimum atomic E-state index is 0.714. The second-order valence-corrected chi connectivity index (χ2v) is 15.9. The third-order valence-electron chi connectivity index (χ3n) is 11.8. The smallest absolute Gasteiger partial charge is 0.161 e. The van der Waals surface area contributed by atoms with E-state index in [1.807, 2.05) is 17.4 Å². The lowest BCUT2D eigenvalue weighted by molar-refractivity contribution is 0.671. The van der Waals surface area contributed by atoms with Crippen LogP contribution in [0.15, 0.2) is 180 Å². The maximum atomic E-state index is 7.00. The van der Waals surface area contributed by atoms with Crippen LogP contribution in [-0.2, 0) is 0 Å². The quantitative estimate of drug-likeness (QED) is 0.181. The molecule has 0 aliphatic carbocycles. The fourth-order valence-electron chi connectivity index (χ4n) is 9.37. The lowest BCUT2D eigenvalue weighted by atomic mass is 9.98. The number of fused-ring (bicyclic) bond motifs is 16. The molecule has 0 atom stereocenters. The van der Waals surface area contributed by atoms with Crippen molar-refractivity contribution in [1.82, 2.24) is 14.5 Å². The Morgan fingerprint density at radius 2 is 1.14 bits per heavy atom. The Bertz CT molecular complexity index is 3820. The van der Waals surface area contributed by atoms with Crippen molar-refractivity contribution >= 4 is 108 Å². The molecule has 13 rings (SSSR count). The van der Waals surface area contributed by atoms with Crippen LogP contribution in [0.3, 0.4) is 0 Å². The zero-order chi connectivity index (χ0) is 37.2. The van der Waals surface area contributed by atoms with E-state index in [4.69, 9.17) is 14.4 Å². The number of hydrogen-bond donors (Lipinski definition) is 0. The van der Waals surface area contributed by atoms with Crippen LogP contribution in [0.1, 0.15) is 0 Å². The Kier molecular flexibility index (Phi) is 6.29. The van der Waals surface area contributed by atoms with Crippen molar-refractivity contribution in [3.05, 3.63) is 176 Å². The average Bonchev–Trinajstić information content (AvgIpc) is 3.97. The molecule has 4 nitrogen and oxygen atoms in total. The number of thiophene rings is 1. The molecule has 4 aromatic heterocycles. The Labute approximate surface area is 329 Å². The van der Waals surface area contributed by atoms with Gasteiger partial charge in [0.25, 0.3) is 0 Å². The number of hydrogen-bond acceptors (Lipinski definition) is 4. The third-order valence-corrected chi connectivity index (χ3v) is 13.0. The summed E-state index contributed by atoms with van der Waals surface area (Å²) < 4.78 is 11.9. The van der Waals surface area contributed by atoms with Crippen molar-refractivity contribution in [3.63, 3.8) is 0 Å². The van der Waals surface area contributed by atoms with Crippen LogP contribution in [0, 0.1) is 0 Å². The van der Waals surface area contributed by atoms with E-state index in [-0.39, 0.29) is 0 Å². The van der Waals surface area contributed by atoms with Gasteiger partial charge < -0.3 is 8.98 Å². The molecule has 0 bridgehead atoms. The molecule has 0 saturated heterocycles. The van der Waals surface area contributed by atoms with Crippen molar-refractivity contribution in [2.75, 3.05) is 0 Å². The van der Waals surface area contributed by atoms with Crippen molar-refractivity contribution in [2.24, 2.45) is 0 Å². The van der Waals surface area contributed by atoms with Crippen LogP contribution in [-0.4, -0.2) is 14.5 Å². The molecule has 264 valence electrons. The predicted octanol–water partition coefficient (Wildman–Crippen LogP) is 14.6.